The first-order valence-corrected chi connectivity index (χ1v) is 6.14. The van der Waals surface area contributed by atoms with Gasteiger partial charge in [0.1, 0.15) is 0 Å². The van der Waals surface area contributed by atoms with Crippen molar-refractivity contribution in [1.29, 1.82) is 0 Å². The van der Waals surface area contributed by atoms with Crippen LogP contribution in [0.4, 0.5) is 4.79 Å². The molecule has 1 unspecified atom stereocenters. The third kappa shape index (κ3) is 3.22. The van der Waals surface area contributed by atoms with Gasteiger partial charge in [-0.05, 0) is 36.9 Å². The maximum absolute atomic E-state index is 10.8. The Morgan fingerprint density at radius 1 is 1.73 bits per heavy atom. The number of allylic oxidation sites excluding steroid dienone is 1. The summed E-state index contributed by atoms with van der Waals surface area (Å²) in [4.78, 5) is 15.7. The Morgan fingerprint density at radius 3 is 2.67 bits per heavy atom. The van der Waals surface area contributed by atoms with Crippen LogP contribution in [0.15, 0.2) is 11.4 Å². The zero-order chi connectivity index (χ0) is 11.4. The fourth-order valence-electron chi connectivity index (χ4n) is 1.21. The van der Waals surface area contributed by atoms with Gasteiger partial charge in [-0.1, -0.05) is 19.7 Å². The lowest BCUT2D eigenvalue weighted by molar-refractivity contribution is 0.0517. The molecular weight excluding hydrogens is 234 g/mol. The normalized spacial score (nSPS) is 27.9. The first-order valence-electron chi connectivity index (χ1n) is 4.51. The average molecular weight is 249 g/mol. The van der Waals surface area contributed by atoms with Gasteiger partial charge in [-0.3, -0.25) is 10.0 Å². The third-order valence-electron chi connectivity index (χ3n) is 2.00. The minimum atomic E-state index is -0.383. The molecule has 1 saturated carbocycles. The second-order valence-electron chi connectivity index (χ2n) is 3.15. The summed E-state index contributed by atoms with van der Waals surface area (Å²) in [6.07, 6.45) is 2.55. The highest BCUT2D eigenvalue weighted by atomic mass is 32.2. The van der Waals surface area contributed by atoms with Crippen LogP contribution in [0.3, 0.4) is 0 Å². The van der Waals surface area contributed by atoms with Crippen molar-refractivity contribution < 1.29 is 9.63 Å². The fraction of sp³-hybridized carbons (Fsp3) is 0.625. The van der Waals surface area contributed by atoms with Crippen LogP contribution in [0.2, 0.25) is 0 Å². The molecule has 1 saturated heterocycles. The van der Waals surface area contributed by atoms with Gasteiger partial charge in [0.05, 0.1) is 0 Å². The van der Waals surface area contributed by atoms with E-state index in [4.69, 9.17) is 4.84 Å². The molecule has 1 heterocycles. The summed E-state index contributed by atoms with van der Waals surface area (Å²) >= 11 is 4.92. The minimum absolute atomic E-state index is 0.383. The number of hydrogen-bond acceptors (Lipinski definition) is 6. The van der Waals surface area contributed by atoms with Crippen molar-refractivity contribution in [2.75, 3.05) is 13.3 Å². The van der Waals surface area contributed by atoms with Crippen LogP contribution in [0.1, 0.15) is 13.3 Å². The molecule has 86 valence electrons. The zero-order valence-electron chi connectivity index (χ0n) is 8.90. The predicted molar refractivity (Wildman–Crippen MR) is 63.8 cm³/mol. The van der Waals surface area contributed by atoms with Gasteiger partial charge in [0.25, 0.3) is 0 Å². The molecule has 1 atom stereocenters. The summed E-state index contributed by atoms with van der Waals surface area (Å²) in [6, 6.07) is 0. The number of nitrogens with one attached hydrogen (secondary N) is 2. The van der Waals surface area contributed by atoms with E-state index in [2.05, 4.69) is 29.8 Å². The number of rotatable bonds is 1. The first-order chi connectivity index (χ1) is 7.13. The summed E-state index contributed by atoms with van der Waals surface area (Å²) in [5.74, 6) is 1.43. The summed E-state index contributed by atoms with van der Waals surface area (Å²) in [6.45, 7) is 2.13. The van der Waals surface area contributed by atoms with Crippen molar-refractivity contribution >= 4 is 30.9 Å². The molecule has 1 aliphatic heterocycles. The van der Waals surface area contributed by atoms with Gasteiger partial charge in [0.15, 0.2) is 5.82 Å². The molecule has 1 amide bonds. The summed E-state index contributed by atoms with van der Waals surface area (Å²) in [5, 5.41) is 2.67. The Bertz CT molecular complexity index is 283. The van der Waals surface area contributed by atoms with Crippen LogP contribution in [0, 0.1) is 5.92 Å². The van der Waals surface area contributed by atoms with Crippen molar-refractivity contribution in [2.45, 2.75) is 13.3 Å². The van der Waals surface area contributed by atoms with E-state index in [1.807, 2.05) is 6.26 Å². The smallest absolute Gasteiger partial charge is 0.309 e. The molecule has 2 aliphatic rings. The van der Waals surface area contributed by atoms with Crippen molar-refractivity contribution in [3.8, 4) is 0 Å². The molecule has 7 heteroatoms. The summed E-state index contributed by atoms with van der Waals surface area (Å²) in [5.41, 5.74) is 1.27. The average Bonchev–Trinajstić information content (AvgIpc) is 2.77. The molecule has 1 aliphatic carbocycles. The number of hydrogen-bond donors (Lipinski definition) is 3. The molecule has 0 bridgehead atoms. The van der Waals surface area contributed by atoms with E-state index in [1.54, 1.807) is 7.05 Å². The molecule has 2 N–H and O–H groups in total. The Labute approximate surface area is 99.2 Å². The van der Waals surface area contributed by atoms with E-state index in [-0.39, 0.29) is 6.09 Å². The Morgan fingerprint density at radius 2 is 2.27 bits per heavy atom. The van der Waals surface area contributed by atoms with E-state index in [9.17, 15) is 4.79 Å². The maximum atomic E-state index is 10.8. The van der Waals surface area contributed by atoms with Crippen molar-refractivity contribution in [1.82, 2.24) is 14.5 Å². The highest BCUT2D eigenvalue weighted by molar-refractivity contribution is 7.96. The Kier molecular flexibility index (Phi) is 4.62. The molecule has 5 nitrogen and oxygen atoms in total. The van der Waals surface area contributed by atoms with Crippen LogP contribution in [-0.2, 0) is 4.84 Å². The highest BCUT2D eigenvalue weighted by Crippen LogP contribution is 2.41. The van der Waals surface area contributed by atoms with Crippen LogP contribution in [-0.4, -0.2) is 23.9 Å². The van der Waals surface area contributed by atoms with Gasteiger partial charge in [0.2, 0.25) is 0 Å². The first kappa shape index (κ1) is 12.5. The van der Waals surface area contributed by atoms with E-state index < -0.39 is 0 Å². The second kappa shape index (κ2) is 5.53. The van der Waals surface area contributed by atoms with Crippen LogP contribution >= 0.6 is 24.8 Å². The monoisotopic (exact) mass is 249 g/mol. The molecular formula is C8H15N3O2S2. The molecule has 0 radical (unpaired) electrons. The molecule has 2 fully saturated rings. The van der Waals surface area contributed by atoms with Crippen molar-refractivity contribution in [3.05, 3.63) is 11.4 Å². The molecule has 2 rings (SSSR count). The van der Waals surface area contributed by atoms with Gasteiger partial charge in [-0.2, -0.15) is 0 Å². The number of carbonyl (C=O) groups is 1. The number of hydroxylamine groups is 1. The number of thiol groups is 1. The highest BCUT2D eigenvalue weighted by Gasteiger charge is 2.37. The second-order valence-corrected chi connectivity index (χ2v) is 4.29. The number of amides is 1. The quantitative estimate of drug-likeness (QED) is 0.486. The standard InChI is InChI=1S/C7H10N2O2S.CH5NS/c1-4-3-5(4)6-8-7(10)11-9(6)12-2;1-2-3/h4H,3H2,1-2H3,(H,8,10);2-3H,1H3/b6-5-;. The summed E-state index contributed by atoms with van der Waals surface area (Å²) < 4.78 is 3.97. The maximum Gasteiger partial charge on any atom is 0.438 e. The van der Waals surface area contributed by atoms with E-state index in [1.165, 1.54) is 22.0 Å². The predicted octanol–water partition coefficient (Wildman–Crippen LogP) is 1.52. The SMILES string of the molecule is CNS.CSN1OC(=O)N/C1=C1\CC1C. The topological polar surface area (TPSA) is 53.6 Å². The Balaban J connectivity index is 0.000000337. The number of carbonyl (C=O) groups excluding carboxylic acids is 1. The molecule has 0 spiro atoms. The van der Waals surface area contributed by atoms with Gasteiger partial charge >= 0.3 is 6.09 Å². The lowest BCUT2D eigenvalue weighted by atomic mass is 10.4. The van der Waals surface area contributed by atoms with E-state index in [0.717, 1.165) is 12.2 Å². The minimum Gasteiger partial charge on any atom is -0.309 e. The van der Waals surface area contributed by atoms with Gasteiger partial charge in [-0.15, -0.1) is 4.47 Å². The zero-order valence-corrected chi connectivity index (χ0v) is 10.6. The third-order valence-corrected chi connectivity index (χ3v) is 2.59. The van der Waals surface area contributed by atoms with Crippen molar-refractivity contribution in [3.63, 3.8) is 0 Å². The fourth-order valence-corrected chi connectivity index (χ4v) is 1.70. The Hall–Kier alpha value is -0.530. The molecule has 0 aromatic heterocycles. The molecule has 0 aromatic carbocycles. The van der Waals surface area contributed by atoms with Gasteiger partial charge in [-0.25, -0.2) is 4.79 Å². The van der Waals surface area contributed by atoms with Crippen LogP contribution in [0.5, 0.6) is 0 Å². The van der Waals surface area contributed by atoms with Crippen LogP contribution < -0.4 is 10.0 Å². The van der Waals surface area contributed by atoms with Gasteiger partial charge in [0, 0.05) is 6.26 Å². The number of nitrogens with zero attached hydrogens (tertiary/aromatic N) is 1. The van der Waals surface area contributed by atoms with Crippen LogP contribution in [0.25, 0.3) is 0 Å². The molecule has 0 aromatic rings. The molecule has 15 heavy (non-hydrogen) atoms. The van der Waals surface area contributed by atoms with E-state index in [0.29, 0.717) is 5.92 Å². The van der Waals surface area contributed by atoms with E-state index >= 15 is 0 Å². The lowest BCUT2D eigenvalue weighted by Crippen LogP contribution is -2.12. The largest absolute Gasteiger partial charge is 0.438 e. The summed E-state index contributed by atoms with van der Waals surface area (Å²) in [7, 11) is 1.74. The lowest BCUT2D eigenvalue weighted by Gasteiger charge is -2.09. The van der Waals surface area contributed by atoms with Gasteiger partial charge < -0.3 is 4.84 Å². The van der Waals surface area contributed by atoms with Crippen molar-refractivity contribution in [2.24, 2.45) is 5.92 Å².